The van der Waals surface area contributed by atoms with Crippen molar-refractivity contribution in [2.75, 3.05) is 5.73 Å². The van der Waals surface area contributed by atoms with Crippen LogP contribution in [0, 0.1) is 0 Å². The predicted molar refractivity (Wildman–Crippen MR) is 66.9 cm³/mol. The van der Waals surface area contributed by atoms with Crippen LogP contribution in [0.2, 0.25) is 0 Å². The van der Waals surface area contributed by atoms with Gasteiger partial charge >= 0.3 is 0 Å². The first-order valence-electron chi connectivity index (χ1n) is 5.05. The fourth-order valence-corrected chi connectivity index (χ4v) is 1.99. The van der Waals surface area contributed by atoms with Crippen LogP contribution in [0.15, 0.2) is 34.4 Å². The molecule has 0 radical (unpaired) electrons. The molecule has 0 saturated heterocycles. The van der Waals surface area contributed by atoms with Gasteiger partial charge in [-0.1, -0.05) is 5.16 Å². The van der Waals surface area contributed by atoms with Crippen molar-refractivity contribution < 1.29 is 9.63 Å². The van der Waals surface area contributed by atoms with E-state index in [-0.39, 0.29) is 5.75 Å². The summed E-state index contributed by atoms with van der Waals surface area (Å²) in [5.41, 5.74) is 8.14. The molecular formula is C11H8N4O2S. The highest BCUT2D eigenvalue weighted by molar-refractivity contribution is 7.13. The van der Waals surface area contributed by atoms with Gasteiger partial charge in [0.1, 0.15) is 5.75 Å². The van der Waals surface area contributed by atoms with Crippen LogP contribution in [0.4, 0.5) is 5.69 Å². The number of nitrogens with zero attached hydrogens (tertiary/aromatic N) is 3. The molecule has 3 aromatic rings. The highest BCUT2D eigenvalue weighted by Crippen LogP contribution is 2.28. The summed E-state index contributed by atoms with van der Waals surface area (Å²) in [4.78, 5) is 9.00. The number of phenols is 1. The van der Waals surface area contributed by atoms with Gasteiger partial charge in [-0.15, -0.1) is 11.3 Å². The Kier molecular flexibility index (Phi) is 2.45. The van der Waals surface area contributed by atoms with Gasteiger partial charge in [0.15, 0.2) is 0 Å². The molecular weight excluding hydrogens is 252 g/mol. The third-order valence-corrected chi connectivity index (χ3v) is 3.13. The average molecular weight is 260 g/mol. The Hall–Kier alpha value is -2.41. The number of hydrogen-bond acceptors (Lipinski definition) is 7. The maximum absolute atomic E-state index is 9.53. The van der Waals surface area contributed by atoms with Crippen LogP contribution in [0.3, 0.4) is 0 Å². The number of aromatic hydroxyl groups is 1. The zero-order valence-electron chi connectivity index (χ0n) is 9.07. The molecule has 2 heterocycles. The topological polar surface area (TPSA) is 98.1 Å². The first kappa shape index (κ1) is 10.7. The number of anilines is 1. The van der Waals surface area contributed by atoms with Crippen LogP contribution in [0.25, 0.3) is 22.2 Å². The molecule has 0 aliphatic rings. The number of nitrogen functional groups attached to an aromatic ring is 1. The molecule has 0 amide bonds. The summed E-state index contributed by atoms with van der Waals surface area (Å²) in [7, 11) is 0. The van der Waals surface area contributed by atoms with Crippen LogP contribution < -0.4 is 5.73 Å². The molecule has 0 aliphatic carbocycles. The fraction of sp³-hybridized carbons (Fsp3) is 0. The molecule has 2 aromatic heterocycles. The van der Waals surface area contributed by atoms with Gasteiger partial charge in [-0.3, -0.25) is 4.98 Å². The lowest BCUT2D eigenvalue weighted by atomic mass is 10.2. The smallest absolute Gasteiger partial charge is 0.258 e. The predicted octanol–water partition coefficient (Wildman–Crippen LogP) is 2.15. The summed E-state index contributed by atoms with van der Waals surface area (Å²) in [6.45, 7) is 0. The van der Waals surface area contributed by atoms with E-state index in [1.54, 1.807) is 23.8 Å². The number of aromatic nitrogens is 3. The Morgan fingerprint density at radius 2 is 2.22 bits per heavy atom. The molecule has 0 bridgehead atoms. The van der Waals surface area contributed by atoms with Crippen LogP contribution in [-0.2, 0) is 0 Å². The van der Waals surface area contributed by atoms with E-state index in [0.29, 0.717) is 23.0 Å². The van der Waals surface area contributed by atoms with Crippen molar-refractivity contribution in [1.82, 2.24) is 15.1 Å². The van der Waals surface area contributed by atoms with E-state index < -0.39 is 0 Å². The highest BCUT2D eigenvalue weighted by Gasteiger charge is 2.12. The van der Waals surface area contributed by atoms with Gasteiger partial charge in [0, 0.05) is 11.8 Å². The maximum Gasteiger partial charge on any atom is 0.258 e. The summed E-state index contributed by atoms with van der Waals surface area (Å²) in [5.74, 6) is 0.794. The molecule has 1 aromatic carbocycles. The average Bonchev–Trinajstić information content (AvgIpc) is 3.01. The number of benzene rings is 1. The molecule has 3 N–H and O–H groups in total. The zero-order chi connectivity index (χ0) is 12.5. The van der Waals surface area contributed by atoms with Crippen molar-refractivity contribution >= 4 is 17.0 Å². The second kappa shape index (κ2) is 4.11. The van der Waals surface area contributed by atoms with Gasteiger partial charge in [0.2, 0.25) is 5.82 Å². The van der Waals surface area contributed by atoms with Gasteiger partial charge < -0.3 is 15.4 Å². The van der Waals surface area contributed by atoms with E-state index in [9.17, 15) is 5.11 Å². The van der Waals surface area contributed by atoms with Gasteiger partial charge in [-0.2, -0.15) is 4.98 Å². The standard InChI is InChI=1S/C11H8N4O2S/c12-7-2-1-6(3-8(7)16)11-14-10(15-17-11)9-4-13-5-18-9/h1-5,16H,12H2. The Morgan fingerprint density at radius 1 is 1.33 bits per heavy atom. The van der Waals surface area contributed by atoms with E-state index in [4.69, 9.17) is 10.3 Å². The summed E-state index contributed by atoms with van der Waals surface area (Å²) in [5, 5.41) is 13.4. The molecule has 6 nitrogen and oxygen atoms in total. The lowest BCUT2D eigenvalue weighted by Gasteiger charge is -1.99. The van der Waals surface area contributed by atoms with Crippen molar-refractivity contribution in [2.45, 2.75) is 0 Å². The normalized spacial score (nSPS) is 10.7. The number of nitrogens with two attached hydrogens (primary N) is 1. The maximum atomic E-state index is 9.53. The van der Waals surface area contributed by atoms with Crippen LogP contribution in [0.1, 0.15) is 0 Å². The molecule has 0 aliphatic heterocycles. The molecule has 0 saturated carbocycles. The van der Waals surface area contributed by atoms with Gasteiger partial charge in [-0.05, 0) is 18.2 Å². The van der Waals surface area contributed by atoms with Gasteiger partial charge in [0.25, 0.3) is 5.89 Å². The first-order valence-corrected chi connectivity index (χ1v) is 5.93. The van der Waals surface area contributed by atoms with Crippen LogP contribution >= 0.6 is 11.3 Å². The quantitative estimate of drug-likeness (QED) is 0.541. The third-order valence-electron chi connectivity index (χ3n) is 2.36. The van der Waals surface area contributed by atoms with Gasteiger partial charge in [0.05, 0.1) is 16.1 Å². The molecule has 18 heavy (non-hydrogen) atoms. The number of phenolic OH excluding ortho intramolecular Hbond substituents is 1. The largest absolute Gasteiger partial charge is 0.506 e. The molecule has 0 fully saturated rings. The summed E-state index contributed by atoms with van der Waals surface area (Å²) < 4.78 is 5.14. The first-order chi connectivity index (χ1) is 8.74. The Morgan fingerprint density at radius 3 is 2.94 bits per heavy atom. The van der Waals surface area contributed by atoms with Crippen molar-refractivity contribution in [3.05, 3.63) is 29.9 Å². The van der Waals surface area contributed by atoms with E-state index in [1.165, 1.54) is 17.4 Å². The van der Waals surface area contributed by atoms with Crippen molar-refractivity contribution in [3.63, 3.8) is 0 Å². The molecule has 0 unspecified atom stereocenters. The molecule has 7 heteroatoms. The Balaban J connectivity index is 2.00. The highest BCUT2D eigenvalue weighted by atomic mass is 32.1. The molecule has 0 atom stereocenters. The SMILES string of the molecule is Nc1ccc(-c2nc(-c3cncs3)no2)cc1O. The Labute approximate surface area is 106 Å². The van der Waals surface area contributed by atoms with Gasteiger partial charge in [-0.25, -0.2) is 0 Å². The van der Waals surface area contributed by atoms with E-state index in [1.807, 2.05) is 0 Å². The second-order valence-corrected chi connectivity index (χ2v) is 4.45. The zero-order valence-corrected chi connectivity index (χ0v) is 9.89. The minimum atomic E-state index is -0.00922. The van der Waals surface area contributed by atoms with E-state index in [0.717, 1.165) is 4.88 Å². The van der Waals surface area contributed by atoms with Crippen LogP contribution in [0.5, 0.6) is 5.75 Å². The van der Waals surface area contributed by atoms with Crippen molar-refractivity contribution in [3.8, 4) is 27.9 Å². The van der Waals surface area contributed by atoms with Crippen molar-refractivity contribution in [1.29, 1.82) is 0 Å². The second-order valence-electron chi connectivity index (χ2n) is 3.56. The summed E-state index contributed by atoms with van der Waals surface area (Å²) >= 11 is 1.42. The third kappa shape index (κ3) is 1.80. The van der Waals surface area contributed by atoms with Crippen molar-refractivity contribution in [2.24, 2.45) is 0 Å². The molecule has 0 spiro atoms. The molecule has 90 valence electrons. The molecule has 3 rings (SSSR count). The summed E-state index contributed by atoms with van der Waals surface area (Å²) in [6.07, 6.45) is 1.67. The monoisotopic (exact) mass is 260 g/mol. The number of thiazole rings is 1. The van der Waals surface area contributed by atoms with E-state index >= 15 is 0 Å². The summed E-state index contributed by atoms with van der Waals surface area (Å²) in [6, 6.07) is 4.78. The number of rotatable bonds is 2. The number of hydrogen-bond donors (Lipinski definition) is 2. The lowest BCUT2D eigenvalue weighted by Crippen LogP contribution is -1.86. The minimum absolute atomic E-state index is 0.00922. The van der Waals surface area contributed by atoms with Crippen LogP contribution in [-0.4, -0.2) is 20.2 Å². The Bertz CT molecular complexity index is 678. The minimum Gasteiger partial charge on any atom is -0.506 e. The fourth-order valence-electron chi connectivity index (χ4n) is 1.44. The lowest BCUT2D eigenvalue weighted by molar-refractivity contribution is 0.431. The van der Waals surface area contributed by atoms with E-state index in [2.05, 4.69) is 15.1 Å².